The predicted molar refractivity (Wildman–Crippen MR) is 71.7 cm³/mol. The molecule has 1 N–H and O–H groups in total. The fraction of sp³-hybridized carbons (Fsp3) is 1.00. The van der Waals surface area contributed by atoms with Gasteiger partial charge in [-0.1, -0.05) is 34.6 Å². The first-order valence-electron chi connectivity index (χ1n) is 6.76. The molecule has 0 aromatic carbocycles. The molecule has 96 valence electrons. The second-order valence-electron chi connectivity index (χ2n) is 6.46. The lowest BCUT2D eigenvalue weighted by Gasteiger charge is -2.36. The molecule has 3 atom stereocenters. The fourth-order valence-corrected chi connectivity index (χ4v) is 2.03. The standard InChI is InChI=1S/C14H30N2/c1-11(2)14(4,5)12(3)7-8-15-9-13-10-16(13)6/h11-13,15H,7-10H2,1-6H3. The van der Waals surface area contributed by atoms with Crippen molar-refractivity contribution >= 4 is 0 Å². The van der Waals surface area contributed by atoms with E-state index in [0.29, 0.717) is 5.41 Å². The van der Waals surface area contributed by atoms with Gasteiger partial charge in [-0.3, -0.25) is 4.90 Å². The van der Waals surface area contributed by atoms with E-state index in [4.69, 9.17) is 0 Å². The summed E-state index contributed by atoms with van der Waals surface area (Å²) < 4.78 is 0. The van der Waals surface area contributed by atoms with Gasteiger partial charge in [-0.2, -0.15) is 0 Å². The Morgan fingerprint density at radius 1 is 1.31 bits per heavy atom. The van der Waals surface area contributed by atoms with Gasteiger partial charge in [0.25, 0.3) is 0 Å². The van der Waals surface area contributed by atoms with Crippen LogP contribution in [0.1, 0.15) is 41.0 Å². The zero-order chi connectivity index (χ0) is 12.3. The molecule has 0 spiro atoms. The highest BCUT2D eigenvalue weighted by atomic mass is 15.3. The number of likely N-dealkylation sites (N-methyl/N-ethyl adjacent to an activating group) is 1. The van der Waals surface area contributed by atoms with Gasteiger partial charge in [0.05, 0.1) is 0 Å². The first kappa shape index (κ1) is 14.0. The van der Waals surface area contributed by atoms with E-state index in [1.165, 1.54) is 26.1 Å². The second-order valence-corrected chi connectivity index (χ2v) is 6.46. The van der Waals surface area contributed by atoms with Crippen molar-refractivity contribution in [1.29, 1.82) is 0 Å². The molecule has 1 fully saturated rings. The molecule has 0 amide bonds. The van der Waals surface area contributed by atoms with Gasteiger partial charge in [-0.05, 0) is 37.3 Å². The van der Waals surface area contributed by atoms with Crippen molar-refractivity contribution in [3.63, 3.8) is 0 Å². The minimum Gasteiger partial charge on any atom is -0.315 e. The summed E-state index contributed by atoms with van der Waals surface area (Å²) in [5.74, 6) is 1.55. The Kier molecular flexibility index (Phi) is 4.81. The van der Waals surface area contributed by atoms with Crippen molar-refractivity contribution in [3.05, 3.63) is 0 Å². The summed E-state index contributed by atoms with van der Waals surface area (Å²) in [7, 11) is 2.19. The zero-order valence-corrected chi connectivity index (χ0v) is 12.0. The Labute approximate surface area is 102 Å². The third-order valence-corrected chi connectivity index (χ3v) is 4.88. The van der Waals surface area contributed by atoms with Gasteiger partial charge < -0.3 is 5.32 Å². The molecule has 0 aromatic rings. The van der Waals surface area contributed by atoms with Crippen LogP contribution in [0.2, 0.25) is 0 Å². The maximum Gasteiger partial charge on any atom is 0.0345 e. The maximum atomic E-state index is 3.58. The monoisotopic (exact) mass is 226 g/mol. The highest BCUT2D eigenvalue weighted by Gasteiger charge is 2.30. The van der Waals surface area contributed by atoms with E-state index in [0.717, 1.165) is 17.9 Å². The number of hydrogen-bond donors (Lipinski definition) is 1. The van der Waals surface area contributed by atoms with E-state index in [9.17, 15) is 0 Å². The summed E-state index contributed by atoms with van der Waals surface area (Å²) in [6.07, 6.45) is 1.29. The third kappa shape index (κ3) is 3.74. The van der Waals surface area contributed by atoms with E-state index in [2.05, 4.69) is 51.9 Å². The van der Waals surface area contributed by atoms with Gasteiger partial charge in [-0.25, -0.2) is 0 Å². The van der Waals surface area contributed by atoms with Gasteiger partial charge in [0.1, 0.15) is 0 Å². The molecule has 0 saturated carbocycles. The van der Waals surface area contributed by atoms with Crippen LogP contribution in [0.15, 0.2) is 0 Å². The van der Waals surface area contributed by atoms with Crippen LogP contribution in [0.4, 0.5) is 0 Å². The molecule has 1 aliphatic heterocycles. The van der Waals surface area contributed by atoms with Crippen LogP contribution < -0.4 is 5.32 Å². The maximum absolute atomic E-state index is 3.58. The fourth-order valence-electron chi connectivity index (χ4n) is 2.03. The normalized spacial score (nSPS) is 27.2. The third-order valence-electron chi connectivity index (χ3n) is 4.88. The van der Waals surface area contributed by atoms with Crippen LogP contribution in [-0.4, -0.2) is 37.6 Å². The predicted octanol–water partition coefficient (Wildman–Crippen LogP) is 2.60. The van der Waals surface area contributed by atoms with Crippen LogP contribution in [0, 0.1) is 17.3 Å². The van der Waals surface area contributed by atoms with Crippen molar-refractivity contribution in [1.82, 2.24) is 10.2 Å². The lowest BCUT2D eigenvalue weighted by molar-refractivity contribution is 0.143. The summed E-state index contributed by atoms with van der Waals surface area (Å²) in [6.45, 7) is 15.5. The Hall–Kier alpha value is -0.0800. The van der Waals surface area contributed by atoms with Gasteiger partial charge in [-0.15, -0.1) is 0 Å². The summed E-state index contributed by atoms with van der Waals surface area (Å²) in [5, 5.41) is 3.58. The first-order valence-corrected chi connectivity index (χ1v) is 6.76. The van der Waals surface area contributed by atoms with Gasteiger partial charge >= 0.3 is 0 Å². The van der Waals surface area contributed by atoms with Gasteiger partial charge in [0.15, 0.2) is 0 Å². The van der Waals surface area contributed by atoms with E-state index in [1.54, 1.807) is 0 Å². The number of nitrogens with one attached hydrogen (secondary N) is 1. The number of nitrogens with zero attached hydrogens (tertiary/aromatic N) is 1. The van der Waals surface area contributed by atoms with E-state index < -0.39 is 0 Å². The lowest BCUT2D eigenvalue weighted by atomic mass is 9.70. The lowest BCUT2D eigenvalue weighted by Crippen LogP contribution is -2.31. The van der Waals surface area contributed by atoms with Gasteiger partial charge in [0, 0.05) is 19.1 Å². The largest absolute Gasteiger partial charge is 0.315 e. The molecule has 1 aliphatic rings. The van der Waals surface area contributed by atoms with Crippen LogP contribution in [0.25, 0.3) is 0 Å². The summed E-state index contributed by atoms with van der Waals surface area (Å²) in [4.78, 5) is 2.38. The molecule has 3 unspecified atom stereocenters. The van der Waals surface area contributed by atoms with E-state index >= 15 is 0 Å². The molecule has 0 aliphatic carbocycles. The van der Waals surface area contributed by atoms with Crippen molar-refractivity contribution in [2.75, 3.05) is 26.7 Å². The molecular weight excluding hydrogens is 196 g/mol. The van der Waals surface area contributed by atoms with Crippen LogP contribution in [0.3, 0.4) is 0 Å². The van der Waals surface area contributed by atoms with Crippen molar-refractivity contribution in [2.24, 2.45) is 17.3 Å². The quantitative estimate of drug-likeness (QED) is 0.530. The Bertz CT molecular complexity index is 211. The Morgan fingerprint density at radius 2 is 1.88 bits per heavy atom. The SMILES string of the molecule is CC(C)C(C)(C)C(C)CCNCC1CN1C. The second kappa shape index (κ2) is 5.50. The van der Waals surface area contributed by atoms with Crippen molar-refractivity contribution in [3.8, 4) is 0 Å². The Balaban J connectivity index is 2.12. The van der Waals surface area contributed by atoms with E-state index in [1.807, 2.05) is 0 Å². The molecule has 0 radical (unpaired) electrons. The number of rotatable bonds is 7. The van der Waals surface area contributed by atoms with Crippen molar-refractivity contribution in [2.45, 2.75) is 47.1 Å². The molecule has 1 saturated heterocycles. The minimum atomic E-state index is 0.456. The molecule has 2 heteroatoms. The summed E-state index contributed by atoms with van der Waals surface area (Å²) >= 11 is 0. The van der Waals surface area contributed by atoms with Gasteiger partial charge in [0.2, 0.25) is 0 Å². The summed E-state index contributed by atoms with van der Waals surface area (Å²) in [5.41, 5.74) is 0.456. The molecule has 1 rings (SSSR count). The Morgan fingerprint density at radius 3 is 2.31 bits per heavy atom. The molecule has 16 heavy (non-hydrogen) atoms. The molecular formula is C14H30N2. The number of hydrogen-bond acceptors (Lipinski definition) is 2. The minimum absolute atomic E-state index is 0.456. The zero-order valence-electron chi connectivity index (χ0n) is 12.0. The summed E-state index contributed by atoms with van der Waals surface area (Å²) in [6, 6.07) is 0.813. The molecule has 2 nitrogen and oxygen atoms in total. The van der Waals surface area contributed by atoms with E-state index in [-0.39, 0.29) is 0 Å². The topological polar surface area (TPSA) is 15.0 Å². The average molecular weight is 226 g/mol. The van der Waals surface area contributed by atoms with Crippen LogP contribution >= 0.6 is 0 Å². The molecule has 0 bridgehead atoms. The molecule has 0 aromatic heterocycles. The highest BCUT2D eigenvalue weighted by Crippen LogP contribution is 2.36. The van der Waals surface area contributed by atoms with Crippen LogP contribution in [-0.2, 0) is 0 Å². The highest BCUT2D eigenvalue weighted by molar-refractivity contribution is 4.87. The van der Waals surface area contributed by atoms with Crippen LogP contribution in [0.5, 0.6) is 0 Å². The smallest absolute Gasteiger partial charge is 0.0345 e. The van der Waals surface area contributed by atoms with Crippen molar-refractivity contribution < 1.29 is 0 Å². The molecule has 1 heterocycles. The average Bonchev–Trinajstić information content (AvgIpc) is 2.88. The first-order chi connectivity index (χ1) is 7.35.